The average Bonchev–Trinajstić information content (AvgIpc) is 3.01. The van der Waals surface area contributed by atoms with Crippen molar-refractivity contribution in [3.63, 3.8) is 0 Å². The third-order valence-corrected chi connectivity index (χ3v) is 9.02. The van der Waals surface area contributed by atoms with Gasteiger partial charge in [0.25, 0.3) is 0 Å². The first-order chi connectivity index (χ1) is 14.7. The molecule has 0 bridgehead atoms. The molecule has 5 atom stereocenters. The molecule has 0 aromatic carbocycles. The van der Waals surface area contributed by atoms with Crippen LogP contribution < -0.4 is 0 Å². The molecule has 3 aliphatic carbocycles. The molecule has 182 valence electrons. The van der Waals surface area contributed by atoms with E-state index in [9.17, 15) is 4.79 Å². The maximum atomic E-state index is 13.3. The van der Waals surface area contributed by atoms with Gasteiger partial charge in [-0.2, -0.15) is 0 Å². The lowest BCUT2D eigenvalue weighted by Crippen LogP contribution is -2.50. The van der Waals surface area contributed by atoms with Crippen molar-refractivity contribution >= 4 is 5.78 Å². The second-order valence-electron chi connectivity index (χ2n) is 13.5. The van der Waals surface area contributed by atoms with Crippen molar-refractivity contribution in [2.75, 3.05) is 13.2 Å². The Morgan fingerprint density at radius 3 is 2.28 bits per heavy atom. The maximum Gasteiger partial charge on any atom is 0.165 e. The summed E-state index contributed by atoms with van der Waals surface area (Å²) in [6.07, 6.45) is 9.37. The number of rotatable bonds is 4. The Hall–Kier alpha value is -0.710. The number of fused-ring (bicyclic) bond motifs is 3. The van der Waals surface area contributed by atoms with E-state index in [1.165, 1.54) is 12.0 Å². The molecule has 0 radical (unpaired) electrons. The quantitative estimate of drug-likeness (QED) is 0.464. The van der Waals surface area contributed by atoms with Gasteiger partial charge in [0.1, 0.15) is 5.78 Å². The van der Waals surface area contributed by atoms with Gasteiger partial charge in [0, 0.05) is 29.1 Å². The topological polar surface area (TPSA) is 44.8 Å². The first-order valence-corrected chi connectivity index (χ1v) is 12.9. The second-order valence-corrected chi connectivity index (χ2v) is 13.5. The molecular weight excluding hydrogens is 400 g/mol. The molecule has 4 aliphatic rings. The molecule has 0 unspecified atom stereocenters. The molecule has 4 nitrogen and oxygen atoms in total. The molecule has 1 aliphatic heterocycles. The average molecular weight is 447 g/mol. The second kappa shape index (κ2) is 7.92. The molecular formula is C28H46O4. The maximum absolute atomic E-state index is 13.3. The summed E-state index contributed by atoms with van der Waals surface area (Å²) in [6, 6.07) is 0. The lowest BCUT2D eigenvalue weighted by Gasteiger charge is -2.52. The van der Waals surface area contributed by atoms with Crippen LogP contribution in [0.3, 0.4) is 0 Å². The van der Waals surface area contributed by atoms with Gasteiger partial charge in [-0.05, 0) is 78.6 Å². The van der Waals surface area contributed by atoms with Crippen LogP contribution in [0.1, 0.15) is 100 Å². The molecule has 1 heterocycles. The van der Waals surface area contributed by atoms with E-state index in [1.807, 2.05) is 6.92 Å². The number of hydrogen-bond donors (Lipinski definition) is 0. The number of ether oxygens (including phenoxy) is 3. The smallest absolute Gasteiger partial charge is 0.165 e. The molecule has 4 heteroatoms. The Morgan fingerprint density at radius 2 is 1.66 bits per heavy atom. The first-order valence-electron chi connectivity index (χ1n) is 12.9. The summed E-state index contributed by atoms with van der Waals surface area (Å²) >= 11 is 0. The molecule has 0 aromatic rings. The zero-order chi connectivity index (χ0) is 23.6. The van der Waals surface area contributed by atoms with Crippen molar-refractivity contribution in [2.24, 2.45) is 28.1 Å². The lowest BCUT2D eigenvalue weighted by atomic mass is 9.53. The van der Waals surface area contributed by atoms with Gasteiger partial charge in [-0.1, -0.05) is 32.4 Å². The first kappa shape index (κ1) is 24.4. The molecule has 0 spiro atoms. The van der Waals surface area contributed by atoms with Crippen molar-refractivity contribution in [2.45, 2.75) is 118 Å². The highest BCUT2D eigenvalue weighted by Crippen LogP contribution is 2.61. The fourth-order valence-electron chi connectivity index (χ4n) is 6.89. The van der Waals surface area contributed by atoms with Crippen molar-refractivity contribution in [1.29, 1.82) is 0 Å². The van der Waals surface area contributed by atoms with Crippen LogP contribution in [0.2, 0.25) is 0 Å². The Labute approximate surface area is 195 Å². The predicted molar refractivity (Wildman–Crippen MR) is 127 cm³/mol. The van der Waals surface area contributed by atoms with Gasteiger partial charge >= 0.3 is 0 Å². The fraction of sp³-hybridized carbons (Fsp3) is 0.893. The van der Waals surface area contributed by atoms with Crippen LogP contribution in [0, 0.1) is 28.1 Å². The van der Waals surface area contributed by atoms with Gasteiger partial charge in [-0.3, -0.25) is 4.79 Å². The van der Waals surface area contributed by atoms with E-state index < -0.39 is 11.2 Å². The van der Waals surface area contributed by atoms with Crippen LogP contribution in [0.15, 0.2) is 11.6 Å². The monoisotopic (exact) mass is 446 g/mol. The molecule has 3 fully saturated rings. The number of allylic oxidation sites excluding steroid dienone is 2. The number of Topliss-reactive ketones (excluding diaryl/α,β-unsaturated/α-hetero) is 1. The number of ketones is 1. The van der Waals surface area contributed by atoms with Gasteiger partial charge in [-0.25, -0.2) is 0 Å². The van der Waals surface area contributed by atoms with Gasteiger partial charge < -0.3 is 14.2 Å². The predicted octanol–water partition coefficient (Wildman–Crippen LogP) is 6.47. The minimum atomic E-state index is -0.589. The highest BCUT2D eigenvalue weighted by molar-refractivity contribution is 5.89. The van der Waals surface area contributed by atoms with Crippen molar-refractivity contribution in [3.05, 3.63) is 11.6 Å². The number of carbonyl (C=O) groups excluding carboxylic acids is 1. The van der Waals surface area contributed by atoms with Crippen molar-refractivity contribution in [3.8, 4) is 0 Å². The Kier molecular flexibility index (Phi) is 6.04. The molecule has 1 saturated heterocycles. The summed E-state index contributed by atoms with van der Waals surface area (Å²) < 4.78 is 18.9. The van der Waals surface area contributed by atoms with Gasteiger partial charge in [0.15, 0.2) is 5.79 Å². The highest BCUT2D eigenvalue weighted by atomic mass is 16.7. The Morgan fingerprint density at radius 1 is 1.00 bits per heavy atom. The van der Waals surface area contributed by atoms with E-state index in [0.717, 1.165) is 32.1 Å². The lowest BCUT2D eigenvalue weighted by molar-refractivity contribution is -0.293. The van der Waals surface area contributed by atoms with Crippen LogP contribution in [-0.2, 0) is 19.0 Å². The molecule has 0 amide bonds. The third kappa shape index (κ3) is 4.36. The summed E-state index contributed by atoms with van der Waals surface area (Å²) in [4.78, 5) is 13.3. The van der Waals surface area contributed by atoms with E-state index in [-0.39, 0.29) is 16.4 Å². The number of carbonyl (C=O) groups is 1. The van der Waals surface area contributed by atoms with E-state index in [4.69, 9.17) is 14.2 Å². The Bertz CT molecular complexity index is 765. The van der Waals surface area contributed by atoms with Crippen molar-refractivity contribution < 1.29 is 19.0 Å². The van der Waals surface area contributed by atoms with Gasteiger partial charge in [0.05, 0.1) is 24.9 Å². The highest BCUT2D eigenvalue weighted by Gasteiger charge is 2.57. The molecule has 2 saturated carbocycles. The third-order valence-electron chi connectivity index (χ3n) is 9.02. The largest absolute Gasteiger partial charge is 0.372 e. The normalized spacial score (nSPS) is 41.1. The molecule has 0 N–H and O–H groups in total. The standard InChI is InChI=1S/C28H46O4/c1-24(2,3)32-23-12-10-20-19-9-11-22(29)26(6,21(19)13-14-27(20,23)7)15-16-28(8)30-17-25(4,5)18-31-28/h13,19-20,23H,9-12,14-18H2,1-8H3/t19-,20-,23-,26+,27-/m0/s1. The van der Waals surface area contributed by atoms with E-state index in [1.54, 1.807) is 0 Å². The zero-order valence-electron chi connectivity index (χ0n) is 21.8. The van der Waals surface area contributed by atoms with Crippen LogP contribution in [0.5, 0.6) is 0 Å². The van der Waals surface area contributed by atoms with Gasteiger partial charge in [0.2, 0.25) is 0 Å². The van der Waals surface area contributed by atoms with Gasteiger partial charge in [-0.15, -0.1) is 0 Å². The molecule has 4 rings (SSSR count). The van der Waals surface area contributed by atoms with Crippen LogP contribution in [0.25, 0.3) is 0 Å². The van der Waals surface area contributed by atoms with Crippen LogP contribution in [-0.4, -0.2) is 36.5 Å². The zero-order valence-corrected chi connectivity index (χ0v) is 21.8. The summed E-state index contributed by atoms with van der Waals surface area (Å²) in [7, 11) is 0. The summed E-state index contributed by atoms with van der Waals surface area (Å²) in [5, 5.41) is 0. The summed E-state index contributed by atoms with van der Waals surface area (Å²) in [6.45, 7) is 18.9. The van der Waals surface area contributed by atoms with Crippen LogP contribution >= 0.6 is 0 Å². The van der Waals surface area contributed by atoms with E-state index in [0.29, 0.717) is 43.4 Å². The Balaban J connectivity index is 1.53. The van der Waals surface area contributed by atoms with Crippen LogP contribution in [0.4, 0.5) is 0 Å². The minimum absolute atomic E-state index is 0.0552. The SMILES string of the molecule is CC1(C)COC(C)(CC[C@@]2(C)C(=O)CC[C@@H]3C2=CC[C@]2(C)[C@@H](OC(C)(C)C)CC[C@@H]32)OC1. The van der Waals surface area contributed by atoms with Crippen molar-refractivity contribution in [1.82, 2.24) is 0 Å². The van der Waals surface area contributed by atoms with E-state index >= 15 is 0 Å². The number of hydrogen-bond acceptors (Lipinski definition) is 4. The summed E-state index contributed by atoms with van der Waals surface area (Å²) in [5.74, 6) is 0.934. The summed E-state index contributed by atoms with van der Waals surface area (Å²) in [5.41, 5.74) is 1.13. The fourth-order valence-corrected chi connectivity index (χ4v) is 6.89. The van der Waals surface area contributed by atoms with E-state index in [2.05, 4.69) is 54.5 Å². The minimum Gasteiger partial charge on any atom is -0.372 e. The molecule has 32 heavy (non-hydrogen) atoms. The molecule has 0 aromatic heterocycles.